The molecular formula is C37H22O8. The van der Waals surface area contributed by atoms with Crippen LogP contribution < -0.4 is 10.9 Å². The largest absolute Gasteiger partial charge is 0.507 e. The highest BCUT2D eigenvalue weighted by atomic mass is 16.3. The summed E-state index contributed by atoms with van der Waals surface area (Å²) in [5.74, 6) is -3.37. The van der Waals surface area contributed by atoms with E-state index in [1.54, 1.807) is 44.2 Å². The molecule has 1 aliphatic carbocycles. The molecule has 0 spiro atoms. The summed E-state index contributed by atoms with van der Waals surface area (Å²) in [6, 6.07) is 13.9. The molecule has 1 atom stereocenters. The van der Waals surface area contributed by atoms with Gasteiger partial charge in [0.25, 0.3) is 0 Å². The number of rotatable bonds is 1. The third kappa shape index (κ3) is 2.74. The fourth-order valence-electron chi connectivity index (χ4n) is 8.24. The van der Waals surface area contributed by atoms with Gasteiger partial charge in [-0.3, -0.25) is 9.59 Å². The monoisotopic (exact) mass is 594 g/mol. The van der Waals surface area contributed by atoms with Crippen LogP contribution in [0, 0.1) is 13.8 Å². The summed E-state index contributed by atoms with van der Waals surface area (Å²) in [7, 11) is 0. The van der Waals surface area contributed by atoms with Crippen molar-refractivity contribution in [2.45, 2.75) is 19.8 Å². The quantitative estimate of drug-likeness (QED) is 0.0924. The van der Waals surface area contributed by atoms with E-state index in [0.717, 1.165) is 12.1 Å². The standard InChI is InChI=1S/C37H22O8/c1-12-8-15(38)26-30-21(12)22-13(2)9-16(39)27-31(22)35-33-25(18(41)11-20(43)29(33)37(27)45)23(14-6-4-3-5-7-14)24-17(40)10-19(42)28(36(26)44)32(24)34(30)35/h3-11,23,38,40-41,43-45H,1-2H3. The molecule has 0 saturated heterocycles. The molecule has 1 unspecified atom stereocenters. The van der Waals surface area contributed by atoms with Gasteiger partial charge in [-0.05, 0) is 53.4 Å². The van der Waals surface area contributed by atoms with Gasteiger partial charge in [-0.15, -0.1) is 0 Å². The zero-order valence-corrected chi connectivity index (χ0v) is 23.8. The predicted molar refractivity (Wildman–Crippen MR) is 173 cm³/mol. The van der Waals surface area contributed by atoms with Crippen molar-refractivity contribution in [2.24, 2.45) is 0 Å². The summed E-state index contributed by atoms with van der Waals surface area (Å²) in [4.78, 5) is 27.5. The molecule has 45 heavy (non-hydrogen) atoms. The van der Waals surface area contributed by atoms with Gasteiger partial charge in [0.1, 0.15) is 34.5 Å². The van der Waals surface area contributed by atoms with Crippen LogP contribution in [0.5, 0.6) is 34.5 Å². The van der Waals surface area contributed by atoms with Crippen molar-refractivity contribution in [3.05, 3.63) is 103 Å². The molecule has 8 heteroatoms. The zero-order chi connectivity index (χ0) is 31.4. The average molecular weight is 595 g/mol. The minimum Gasteiger partial charge on any atom is -0.507 e. The topological polar surface area (TPSA) is 156 Å². The summed E-state index contributed by atoms with van der Waals surface area (Å²) in [5, 5.41) is 72.4. The molecule has 9 rings (SSSR count). The molecule has 0 saturated carbocycles. The van der Waals surface area contributed by atoms with Gasteiger partial charge in [-0.2, -0.15) is 0 Å². The fraction of sp³-hybridized carbons (Fsp3) is 0.0811. The first-order chi connectivity index (χ1) is 21.5. The molecule has 8 nitrogen and oxygen atoms in total. The molecular weight excluding hydrogens is 572 g/mol. The Hall–Kier alpha value is -6.02. The maximum atomic E-state index is 13.7. The molecule has 8 aromatic carbocycles. The van der Waals surface area contributed by atoms with Crippen LogP contribution in [0.2, 0.25) is 0 Å². The molecule has 0 fully saturated rings. The summed E-state index contributed by atoms with van der Waals surface area (Å²) in [6.07, 6.45) is 0. The van der Waals surface area contributed by atoms with Crippen molar-refractivity contribution in [1.82, 2.24) is 0 Å². The van der Waals surface area contributed by atoms with Crippen molar-refractivity contribution < 1.29 is 30.6 Å². The number of aryl methyl sites for hydroxylation is 2. The van der Waals surface area contributed by atoms with E-state index in [1.807, 2.05) is 0 Å². The van der Waals surface area contributed by atoms with E-state index in [2.05, 4.69) is 0 Å². The number of aromatic hydroxyl groups is 6. The summed E-state index contributed by atoms with van der Waals surface area (Å²) in [5.41, 5.74) is 1.02. The highest BCUT2D eigenvalue weighted by molar-refractivity contribution is 6.46. The van der Waals surface area contributed by atoms with Crippen molar-refractivity contribution in [3.8, 4) is 34.5 Å². The fourth-order valence-corrected chi connectivity index (χ4v) is 8.24. The van der Waals surface area contributed by atoms with Gasteiger partial charge >= 0.3 is 0 Å². The Labute approximate surface area is 252 Å². The van der Waals surface area contributed by atoms with Crippen LogP contribution in [0.15, 0.2) is 64.2 Å². The molecule has 0 bridgehead atoms. The molecule has 0 amide bonds. The van der Waals surface area contributed by atoms with Crippen molar-refractivity contribution in [2.75, 3.05) is 0 Å². The van der Waals surface area contributed by atoms with Crippen LogP contribution in [0.1, 0.15) is 33.7 Å². The number of benzene rings is 8. The van der Waals surface area contributed by atoms with Crippen LogP contribution in [0.4, 0.5) is 0 Å². The SMILES string of the molecule is Cc1cc(O)c2c(O)c3c(=O)cc(O)c4c3c3c2c1c1c(C)cc(=O)c2c(O)c5c(O)cc(O)c(c5c3c21)C4c1ccccc1. The normalized spacial score (nSPS) is 14.5. The van der Waals surface area contributed by atoms with E-state index >= 15 is 0 Å². The maximum absolute atomic E-state index is 13.7. The Kier molecular flexibility index (Phi) is 4.48. The molecule has 0 radical (unpaired) electrons. The summed E-state index contributed by atoms with van der Waals surface area (Å²) in [6.45, 7) is 3.53. The van der Waals surface area contributed by atoms with Crippen LogP contribution in [0.25, 0.3) is 64.6 Å². The average Bonchev–Trinajstić information content (AvgIpc) is 3.11. The smallest absolute Gasteiger partial charge is 0.193 e. The number of phenols is 6. The number of phenolic OH excluding ortho intramolecular Hbond substituents is 6. The van der Waals surface area contributed by atoms with Crippen molar-refractivity contribution in [1.29, 1.82) is 0 Å². The Morgan fingerprint density at radius 3 is 1.53 bits per heavy atom. The van der Waals surface area contributed by atoms with Crippen LogP contribution >= 0.6 is 0 Å². The number of fused-ring (bicyclic) bond motifs is 1. The van der Waals surface area contributed by atoms with Gasteiger partial charge in [-0.1, -0.05) is 30.3 Å². The molecule has 0 aliphatic heterocycles. The van der Waals surface area contributed by atoms with E-state index in [9.17, 15) is 40.2 Å². The van der Waals surface area contributed by atoms with Gasteiger partial charge in [0.05, 0.1) is 21.5 Å². The maximum Gasteiger partial charge on any atom is 0.193 e. The first-order valence-electron chi connectivity index (χ1n) is 14.3. The van der Waals surface area contributed by atoms with E-state index < -0.39 is 34.0 Å². The lowest BCUT2D eigenvalue weighted by molar-refractivity contribution is 0.445. The Morgan fingerprint density at radius 2 is 0.889 bits per heavy atom. The van der Waals surface area contributed by atoms with Crippen molar-refractivity contribution in [3.63, 3.8) is 0 Å². The van der Waals surface area contributed by atoms with Crippen LogP contribution in [-0.2, 0) is 0 Å². The second-order valence-corrected chi connectivity index (χ2v) is 12.1. The molecule has 0 heterocycles. The van der Waals surface area contributed by atoms with Gasteiger partial charge < -0.3 is 30.6 Å². The lowest BCUT2D eigenvalue weighted by Crippen LogP contribution is -2.09. The van der Waals surface area contributed by atoms with E-state index in [-0.39, 0.29) is 60.7 Å². The van der Waals surface area contributed by atoms with E-state index in [0.29, 0.717) is 49.0 Å². The number of hydrogen-bond donors (Lipinski definition) is 6. The van der Waals surface area contributed by atoms with E-state index in [4.69, 9.17) is 0 Å². The highest BCUT2D eigenvalue weighted by Crippen LogP contribution is 2.60. The number of hydrogen-bond acceptors (Lipinski definition) is 8. The minimum absolute atomic E-state index is 0.0153. The third-order valence-electron chi connectivity index (χ3n) is 9.78. The third-order valence-corrected chi connectivity index (χ3v) is 9.78. The Balaban J connectivity index is 1.85. The highest BCUT2D eigenvalue weighted by Gasteiger charge is 2.37. The first-order valence-corrected chi connectivity index (χ1v) is 14.3. The molecule has 218 valence electrons. The van der Waals surface area contributed by atoms with Gasteiger partial charge in [0, 0.05) is 61.5 Å². The Bertz CT molecular complexity index is 2820. The summed E-state index contributed by atoms with van der Waals surface area (Å²) >= 11 is 0. The molecule has 1 aliphatic rings. The van der Waals surface area contributed by atoms with Gasteiger partial charge in [-0.25, -0.2) is 0 Å². The summed E-state index contributed by atoms with van der Waals surface area (Å²) < 4.78 is 0. The molecule has 0 aromatic heterocycles. The van der Waals surface area contributed by atoms with E-state index in [1.165, 1.54) is 12.1 Å². The second kappa shape index (κ2) is 7.92. The first kappa shape index (κ1) is 25.5. The van der Waals surface area contributed by atoms with Crippen LogP contribution in [-0.4, -0.2) is 30.6 Å². The lowest BCUT2D eigenvalue weighted by atomic mass is 9.80. The minimum atomic E-state index is -0.967. The zero-order valence-electron chi connectivity index (χ0n) is 23.8. The van der Waals surface area contributed by atoms with Crippen LogP contribution in [0.3, 0.4) is 0 Å². The molecule has 8 aromatic rings. The molecule has 6 N–H and O–H groups in total. The Morgan fingerprint density at radius 1 is 0.444 bits per heavy atom. The lowest BCUT2D eigenvalue weighted by Gasteiger charge is -2.23. The van der Waals surface area contributed by atoms with Gasteiger partial charge in [0.2, 0.25) is 0 Å². The van der Waals surface area contributed by atoms with Crippen molar-refractivity contribution >= 4 is 64.6 Å². The second-order valence-electron chi connectivity index (χ2n) is 12.1. The predicted octanol–water partition coefficient (Wildman–Crippen LogP) is 6.55. The van der Waals surface area contributed by atoms with Gasteiger partial charge in [0.15, 0.2) is 10.9 Å².